The molecule has 0 unspecified atom stereocenters. The number of aliphatic hydroxyl groups excluding tert-OH is 1. The highest BCUT2D eigenvalue weighted by molar-refractivity contribution is 5.85. The first-order chi connectivity index (χ1) is 8.41. The van der Waals surface area contributed by atoms with Crippen LogP contribution in [0, 0.1) is 17.8 Å². The molecule has 100 valence electrons. The van der Waals surface area contributed by atoms with Crippen LogP contribution >= 0.6 is 0 Å². The lowest BCUT2D eigenvalue weighted by Gasteiger charge is -2.33. The molecule has 0 aromatic carbocycles. The van der Waals surface area contributed by atoms with Crippen LogP contribution in [0.4, 0.5) is 0 Å². The van der Waals surface area contributed by atoms with E-state index in [9.17, 15) is 9.90 Å². The molecule has 0 spiro atoms. The number of allylic oxidation sites excluding steroid dienone is 2. The van der Waals surface area contributed by atoms with Gasteiger partial charge in [-0.15, -0.1) is 0 Å². The Morgan fingerprint density at radius 1 is 1.39 bits per heavy atom. The normalized spacial score (nSPS) is 36.8. The van der Waals surface area contributed by atoms with Gasteiger partial charge in [0, 0.05) is 5.57 Å². The molecule has 2 rings (SSSR count). The molecule has 0 heterocycles. The minimum atomic E-state index is -0.845. The SMILES string of the molecule is CC1=C2[C@H](/C=C(/C)C(=O)O)CC[C@H](C)[C@@H]2C[C@@H]1O. The number of carboxylic acid groups (broad SMARTS) is 1. The van der Waals surface area contributed by atoms with Crippen molar-refractivity contribution in [1.29, 1.82) is 0 Å². The summed E-state index contributed by atoms with van der Waals surface area (Å²) in [6.07, 6.45) is 4.48. The molecule has 3 nitrogen and oxygen atoms in total. The predicted molar refractivity (Wildman–Crippen MR) is 70.1 cm³/mol. The van der Waals surface area contributed by atoms with Crippen LogP contribution in [0.25, 0.3) is 0 Å². The maximum Gasteiger partial charge on any atom is 0.330 e. The number of carbonyl (C=O) groups is 1. The van der Waals surface area contributed by atoms with Gasteiger partial charge in [0.25, 0.3) is 0 Å². The molecule has 4 atom stereocenters. The molecule has 0 bridgehead atoms. The topological polar surface area (TPSA) is 57.5 Å². The summed E-state index contributed by atoms with van der Waals surface area (Å²) in [5.74, 6) is 0.403. The second kappa shape index (κ2) is 4.88. The third-order valence-electron chi connectivity index (χ3n) is 4.64. The van der Waals surface area contributed by atoms with Crippen molar-refractivity contribution < 1.29 is 15.0 Å². The Morgan fingerprint density at radius 3 is 2.67 bits per heavy atom. The minimum Gasteiger partial charge on any atom is -0.478 e. The van der Waals surface area contributed by atoms with Crippen molar-refractivity contribution >= 4 is 5.97 Å². The second-order valence-corrected chi connectivity index (χ2v) is 5.81. The van der Waals surface area contributed by atoms with Crippen LogP contribution in [0.1, 0.15) is 40.0 Å². The summed E-state index contributed by atoms with van der Waals surface area (Å²) < 4.78 is 0. The van der Waals surface area contributed by atoms with Gasteiger partial charge in [0.05, 0.1) is 6.10 Å². The smallest absolute Gasteiger partial charge is 0.330 e. The molecule has 1 fully saturated rings. The number of carboxylic acids is 1. The summed E-state index contributed by atoms with van der Waals surface area (Å²) in [4.78, 5) is 10.9. The van der Waals surface area contributed by atoms with Crippen LogP contribution in [0.5, 0.6) is 0 Å². The monoisotopic (exact) mass is 250 g/mol. The van der Waals surface area contributed by atoms with Crippen molar-refractivity contribution in [2.75, 3.05) is 0 Å². The average Bonchev–Trinajstić information content (AvgIpc) is 2.61. The van der Waals surface area contributed by atoms with E-state index in [1.54, 1.807) is 6.92 Å². The van der Waals surface area contributed by atoms with E-state index in [4.69, 9.17) is 5.11 Å². The molecule has 0 aromatic heterocycles. The number of hydrogen-bond acceptors (Lipinski definition) is 2. The van der Waals surface area contributed by atoms with Crippen LogP contribution in [-0.2, 0) is 4.79 Å². The highest BCUT2D eigenvalue weighted by atomic mass is 16.4. The Morgan fingerprint density at radius 2 is 2.06 bits per heavy atom. The number of hydrogen-bond donors (Lipinski definition) is 2. The van der Waals surface area contributed by atoms with Crippen LogP contribution in [0.15, 0.2) is 22.8 Å². The van der Waals surface area contributed by atoms with Crippen molar-refractivity contribution in [2.45, 2.75) is 46.1 Å². The Kier molecular flexibility index (Phi) is 3.62. The molecule has 0 aromatic rings. The Hall–Kier alpha value is -1.09. The summed E-state index contributed by atoms with van der Waals surface area (Å²) in [5, 5.41) is 19.0. The lowest BCUT2D eigenvalue weighted by Crippen LogP contribution is -2.24. The number of aliphatic carboxylic acids is 1. The zero-order valence-electron chi connectivity index (χ0n) is 11.3. The minimum absolute atomic E-state index is 0.208. The lowest BCUT2D eigenvalue weighted by atomic mass is 9.71. The van der Waals surface area contributed by atoms with E-state index in [1.165, 1.54) is 5.57 Å². The van der Waals surface area contributed by atoms with Crippen molar-refractivity contribution in [3.05, 3.63) is 22.8 Å². The van der Waals surface area contributed by atoms with Crippen molar-refractivity contribution in [3.63, 3.8) is 0 Å². The van der Waals surface area contributed by atoms with Gasteiger partial charge in [-0.2, -0.15) is 0 Å². The zero-order chi connectivity index (χ0) is 13.4. The Balaban J connectivity index is 2.32. The summed E-state index contributed by atoms with van der Waals surface area (Å²) >= 11 is 0. The van der Waals surface area contributed by atoms with E-state index in [-0.39, 0.29) is 12.0 Å². The van der Waals surface area contributed by atoms with Crippen molar-refractivity contribution in [1.82, 2.24) is 0 Å². The van der Waals surface area contributed by atoms with Gasteiger partial charge in [-0.25, -0.2) is 4.79 Å². The van der Waals surface area contributed by atoms with Crippen LogP contribution in [0.3, 0.4) is 0 Å². The number of aliphatic hydroxyl groups is 1. The molecule has 0 saturated heterocycles. The summed E-state index contributed by atoms with van der Waals surface area (Å²) in [7, 11) is 0. The molecule has 0 aliphatic heterocycles. The van der Waals surface area contributed by atoms with E-state index in [1.807, 2.05) is 13.0 Å². The largest absolute Gasteiger partial charge is 0.478 e. The molecular formula is C15H22O3. The van der Waals surface area contributed by atoms with Crippen LogP contribution < -0.4 is 0 Å². The number of fused-ring (bicyclic) bond motifs is 1. The average molecular weight is 250 g/mol. The van der Waals surface area contributed by atoms with Crippen molar-refractivity contribution in [3.8, 4) is 0 Å². The van der Waals surface area contributed by atoms with E-state index >= 15 is 0 Å². The van der Waals surface area contributed by atoms with Crippen LogP contribution in [0.2, 0.25) is 0 Å². The molecule has 18 heavy (non-hydrogen) atoms. The molecule has 2 N–H and O–H groups in total. The predicted octanol–water partition coefficient (Wildman–Crippen LogP) is 2.76. The fourth-order valence-corrected chi connectivity index (χ4v) is 3.48. The highest BCUT2D eigenvalue weighted by Crippen LogP contribution is 2.48. The molecule has 3 heteroatoms. The fraction of sp³-hybridized carbons (Fsp3) is 0.667. The van der Waals surface area contributed by atoms with Gasteiger partial charge < -0.3 is 10.2 Å². The maximum absolute atomic E-state index is 10.9. The Labute approximate surface area is 108 Å². The van der Waals surface area contributed by atoms with Gasteiger partial charge in [-0.1, -0.05) is 18.6 Å². The highest BCUT2D eigenvalue weighted by Gasteiger charge is 2.39. The quantitative estimate of drug-likeness (QED) is 0.585. The van der Waals surface area contributed by atoms with Crippen LogP contribution in [-0.4, -0.2) is 22.3 Å². The molecule has 2 aliphatic carbocycles. The third-order valence-corrected chi connectivity index (χ3v) is 4.64. The van der Waals surface area contributed by atoms with E-state index in [2.05, 4.69) is 6.92 Å². The zero-order valence-corrected chi connectivity index (χ0v) is 11.3. The van der Waals surface area contributed by atoms with E-state index in [0.717, 1.165) is 24.8 Å². The van der Waals surface area contributed by atoms with E-state index < -0.39 is 5.97 Å². The molecule has 0 amide bonds. The summed E-state index contributed by atoms with van der Waals surface area (Å²) in [6.45, 7) is 5.88. The van der Waals surface area contributed by atoms with Gasteiger partial charge >= 0.3 is 5.97 Å². The molecular weight excluding hydrogens is 228 g/mol. The third kappa shape index (κ3) is 2.24. The molecule has 2 aliphatic rings. The summed E-state index contributed by atoms with van der Waals surface area (Å²) in [5.41, 5.74) is 2.79. The first-order valence-corrected chi connectivity index (χ1v) is 6.72. The second-order valence-electron chi connectivity index (χ2n) is 5.81. The van der Waals surface area contributed by atoms with Gasteiger partial charge in [0.1, 0.15) is 0 Å². The standard InChI is InChI=1S/C15H22O3/c1-8-4-5-11(6-9(2)15(17)18)14-10(3)13(16)7-12(8)14/h6,8,11-13,16H,4-5,7H2,1-3H3,(H,17,18)/b9-6-/t8-,11-,12-,13-/m0/s1. The fourth-order valence-electron chi connectivity index (χ4n) is 3.48. The maximum atomic E-state index is 10.9. The number of rotatable bonds is 2. The van der Waals surface area contributed by atoms with Crippen molar-refractivity contribution in [2.24, 2.45) is 17.8 Å². The van der Waals surface area contributed by atoms with E-state index in [0.29, 0.717) is 17.4 Å². The molecule has 1 saturated carbocycles. The van der Waals surface area contributed by atoms with Gasteiger partial charge in [0.15, 0.2) is 0 Å². The van der Waals surface area contributed by atoms with Gasteiger partial charge in [-0.05, 0) is 56.4 Å². The Bertz CT molecular complexity index is 419. The first kappa shape index (κ1) is 13.3. The van der Waals surface area contributed by atoms with Gasteiger partial charge in [0.2, 0.25) is 0 Å². The van der Waals surface area contributed by atoms with Gasteiger partial charge in [-0.3, -0.25) is 0 Å². The molecule has 0 radical (unpaired) electrons. The summed E-state index contributed by atoms with van der Waals surface area (Å²) in [6, 6.07) is 0. The lowest BCUT2D eigenvalue weighted by molar-refractivity contribution is -0.132. The first-order valence-electron chi connectivity index (χ1n) is 6.72.